The van der Waals surface area contributed by atoms with Crippen LogP contribution in [0.15, 0.2) is 4.99 Å². The van der Waals surface area contributed by atoms with E-state index in [1.165, 1.54) is 0 Å². The maximum Gasteiger partial charge on any atom is 0.0903 e. The van der Waals surface area contributed by atoms with Gasteiger partial charge in [0, 0.05) is 19.3 Å². The van der Waals surface area contributed by atoms with Crippen molar-refractivity contribution in [3.8, 4) is 0 Å². The minimum atomic E-state index is 0.735. The Morgan fingerprint density at radius 1 is 1.43 bits per heavy atom. The van der Waals surface area contributed by atoms with Crippen molar-refractivity contribution in [1.29, 1.82) is 0 Å². The molecule has 0 aromatic carbocycles. The molecule has 1 N–H and O–H groups in total. The summed E-state index contributed by atoms with van der Waals surface area (Å²) in [6.07, 6.45) is 3.00. The molecule has 0 spiro atoms. The second-order valence-corrected chi connectivity index (χ2v) is 4.09. The maximum absolute atomic E-state index is 4.28. The fourth-order valence-electron chi connectivity index (χ4n) is 1.06. The topological polar surface area (TPSA) is 27.6 Å². The van der Waals surface area contributed by atoms with E-state index in [9.17, 15) is 0 Å². The van der Waals surface area contributed by atoms with Crippen molar-refractivity contribution >= 4 is 6.21 Å². The highest BCUT2D eigenvalue weighted by Crippen LogP contribution is 1.87. The Labute approximate surface area is 88.6 Å². The summed E-state index contributed by atoms with van der Waals surface area (Å²) in [7, 11) is 2.10. The zero-order valence-electron chi connectivity index (χ0n) is 10.1. The minimum Gasteiger partial charge on any atom is -0.315 e. The molecule has 3 nitrogen and oxygen atoms in total. The number of rotatable bonds is 8. The summed E-state index contributed by atoms with van der Waals surface area (Å²) in [5, 5.41) is 3.41. The Balaban J connectivity index is 3.26. The van der Waals surface area contributed by atoms with E-state index in [-0.39, 0.29) is 0 Å². The largest absolute Gasteiger partial charge is 0.315 e. The van der Waals surface area contributed by atoms with Crippen LogP contribution >= 0.6 is 0 Å². The lowest BCUT2D eigenvalue weighted by molar-refractivity contribution is 0.339. The van der Waals surface area contributed by atoms with Crippen LogP contribution in [0.3, 0.4) is 0 Å². The molecule has 0 saturated heterocycles. The van der Waals surface area contributed by atoms with Crippen molar-refractivity contribution in [3.05, 3.63) is 0 Å². The van der Waals surface area contributed by atoms with Crippen molar-refractivity contribution in [2.24, 2.45) is 10.9 Å². The van der Waals surface area contributed by atoms with E-state index in [1.54, 1.807) is 0 Å². The lowest BCUT2D eigenvalue weighted by atomic mass is 10.2. The second kappa shape index (κ2) is 9.16. The molecular formula is C11H25N3. The second-order valence-electron chi connectivity index (χ2n) is 4.09. The van der Waals surface area contributed by atoms with E-state index < -0.39 is 0 Å². The molecular weight excluding hydrogens is 174 g/mol. The Hall–Kier alpha value is -0.410. The van der Waals surface area contributed by atoms with Gasteiger partial charge in [0.15, 0.2) is 0 Å². The lowest BCUT2D eigenvalue weighted by Crippen LogP contribution is -2.31. The number of likely N-dealkylation sites (N-methyl/N-ethyl adjacent to an activating group) is 1. The number of nitrogens with zero attached hydrogens (tertiary/aromatic N) is 2. The Bertz CT molecular complexity index is 143. The molecule has 84 valence electrons. The average Bonchev–Trinajstić information content (AvgIpc) is 2.13. The molecule has 0 aliphatic heterocycles. The molecule has 0 amide bonds. The fraction of sp³-hybridized carbons (Fsp3) is 0.909. The van der Waals surface area contributed by atoms with Crippen molar-refractivity contribution in [2.45, 2.75) is 27.2 Å². The van der Waals surface area contributed by atoms with Gasteiger partial charge in [0.2, 0.25) is 0 Å². The first-order valence-electron chi connectivity index (χ1n) is 5.54. The Kier molecular flexibility index (Phi) is 8.89. The van der Waals surface area contributed by atoms with Crippen LogP contribution in [-0.2, 0) is 0 Å². The van der Waals surface area contributed by atoms with Gasteiger partial charge in [-0.15, -0.1) is 0 Å². The molecule has 0 bridgehead atoms. The molecule has 0 fully saturated rings. The fourth-order valence-corrected chi connectivity index (χ4v) is 1.06. The van der Waals surface area contributed by atoms with Gasteiger partial charge in [-0.3, -0.25) is 9.89 Å². The molecule has 0 heterocycles. The normalized spacial score (nSPS) is 12.1. The van der Waals surface area contributed by atoms with E-state index in [0.29, 0.717) is 0 Å². The van der Waals surface area contributed by atoms with Crippen LogP contribution in [0.5, 0.6) is 0 Å². The Morgan fingerprint density at radius 2 is 2.14 bits per heavy atom. The van der Waals surface area contributed by atoms with Crippen LogP contribution in [0.4, 0.5) is 0 Å². The first-order chi connectivity index (χ1) is 6.66. The van der Waals surface area contributed by atoms with Crippen LogP contribution in [-0.4, -0.2) is 44.5 Å². The predicted octanol–water partition coefficient (Wildman–Crippen LogP) is 1.60. The summed E-state index contributed by atoms with van der Waals surface area (Å²) in [6.45, 7) is 10.6. The molecule has 0 atom stereocenters. The van der Waals surface area contributed by atoms with Crippen LogP contribution in [0.1, 0.15) is 27.2 Å². The van der Waals surface area contributed by atoms with Crippen molar-refractivity contribution < 1.29 is 0 Å². The first-order valence-corrected chi connectivity index (χ1v) is 5.54. The highest BCUT2D eigenvalue weighted by Gasteiger charge is 1.96. The van der Waals surface area contributed by atoms with Gasteiger partial charge >= 0.3 is 0 Å². The molecule has 3 heteroatoms. The van der Waals surface area contributed by atoms with Gasteiger partial charge in [0.05, 0.1) is 6.67 Å². The van der Waals surface area contributed by atoms with Gasteiger partial charge in [-0.05, 0) is 25.9 Å². The zero-order valence-corrected chi connectivity index (χ0v) is 10.1. The number of hydrogen-bond acceptors (Lipinski definition) is 3. The monoisotopic (exact) mass is 199 g/mol. The Morgan fingerprint density at radius 3 is 2.71 bits per heavy atom. The summed E-state index contributed by atoms with van der Waals surface area (Å²) in [6, 6.07) is 0. The molecule has 0 aromatic heterocycles. The average molecular weight is 199 g/mol. The predicted molar refractivity (Wildman–Crippen MR) is 64.0 cm³/mol. The van der Waals surface area contributed by atoms with Crippen molar-refractivity contribution in [3.63, 3.8) is 0 Å². The van der Waals surface area contributed by atoms with E-state index in [4.69, 9.17) is 0 Å². The van der Waals surface area contributed by atoms with Crippen LogP contribution < -0.4 is 5.32 Å². The van der Waals surface area contributed by atoms with E-state index in [2.05, 4.69) is 43.0 Å². The summed E-state index contributed by atoms with van der Waals surface area (Å²) < 4.78 is 0. The number of nitrogens with one attached hydrogen (secondary N) is 1. The molecule has 14 heavy (non-hydrogen) atoms. The van der Waals surface area contributed by atoms with Crippen molar-refractivity contribution in [1.82, 2.24) is 10.2 Å². The third-order valence-corrected chi connectivity index (χ3v) is 1.86. The van der Waals surface area contributed by atoms with Gasteiger partial charge in [0.1, 0.15) is 0 Å². The standard InChI is InChI=1S/C11H25N3/c1-5-6-13-10-14(4)8-7-12-9-11(2)3/h6,11-12H,5,7-10H2,1-4H3. The van der Waals surface area contributed by atoms with E-state index >= 15 is 0 Å². The summed E-state index contributed by atoms with van der Waals surface area (Å²) in [5.41, 5.74) is 0. The highest BCUT2D eigenvalue weighted by atomic mass is 15.2. The minimum absolute atomic E-state index is 0.735. The third-order valence-electron chi connectivity index (χ3n) is 1.86. The summed E-state index contributed by atoms with van der Waals surface area (Å²) in [4.78, 5) is 6.50. The molecule has 0 aliphatic carbocycles. The van der Waals surface area contributed by atoms with Gasteiger partial charge < -0.3 is 5.32 Å². The SMILES string of the molecule is CCC=NCN(C)CCNCC(C)C. The lowest BCUT2D eigenvalue weighted by Gasteiger charge is -2.14. The van der Waals surface area contributed by atoms with Crippen molar-refractivity contribution in [2.75, 3.05) is 33.4 Å². The quantitative estimate of drug-likeness (QED) is 0.475. The van der Waals surface area contributed by atoms with E-state index in [1.807, 2.05) is 6.21 Å². The molecule has 0 aromatic rings. The maximum atomic E-state index is 4.28. The third kappa shape index (κ3) is 9.68. The van der Waals surface area contributed by atoms with Crippen LogP contribution in [0, 0.1) is 5.92 Å². The smallest absolute Gasteiger partial charge is 0.0903 e. The molecule has 0 radical (unpaired) electrons. The molecule has 0 unspecified atom stereocenters. The van der Waals surface area contributed by atoms with E-state index in [0.717, 1.165) is 38.6 Å². The molecule has 0 saturated carbocycles. The number of aliphatic imine (C=N–C) groups is 1. The van der Waals surface area contributed by atoms with Gasteiger partial charge in [-0.2, -0.15) is 0 Å². The summed E-state index contributed by atoms with van der Waals surface area (Å²) >= 11 is 0. The molecule has 0 aliphatic rings. The van der Waals surface area contributed by atoms with Crippen LogP contribution in [0.2, 0.25) is 0 Å². The molecule has 0 rings (SSSR count). The first kappa shape index (κ1) is 13.6. The zero-order chi connectivity index (χ0) is 10.8. The van der Waals surface area contributed by atoms with Gasteiger partial charge in [-0.1, -0.05) is 20.8 Å². The highest BCUT2D eigenvalue weighted by molar-refractivity contribution is 5.56. The van der Waals surface area contributed by atoms with Crippen LogP contribution in [0.25, 0.3) is 0 Å². The van der Waals surface area contributed by atoms with Gasteiger partial charge in [0.25, 0.3) is 0 Å². The summed E-state index contributed by atoms with van der Waals surface area (Å²) in [5.74, 6) is 0.735. The van der Waals surface area contributed by atoms with Gasteiger partial charge in [-0.25, -0.2) is 0 Å². The number of hydrogen-bond donors (Lipinski definition) is 1.